The number of rotatable bonds is 4. The number of pyridine rings is 1. The molecule has 0 bridgehead atoms. The number of alkyl halides is 3. The van der Waals surface area contributed by atoms with Gasteiger partial charge in [-0.15, -0.1) is 0 Å². The van der Waals surface area contributed by atoms with Crippen molar-refractivity contribution in [2.75, 3.05) is 13.2 Å². The molecule has 3 heterocycles. The molecule has 0 amide bonds. The molecule has 3 aliphatic rings. The molecule has 1 aliphatic carbocycles. The molecular weight excluding hydrogens is 547 g/mol. The van der Waals surface area contributed by atoms with Gasteiger partial charge in [-0.25, -0.2) is 4.98 Å². The Bertz CT molecular complexity index is 1340. The fraction of sp³-hybridized carbons (Fsp3) is 0.625. The lowest BCUT2D eigenvalue weighted by Gasteiger charge is -2.46. The average molecular weight is 590 g/mol. The lowest BCUT2D eigenvalue weighted by atomic mass is 9.70. The van der Waals surface area contributed by atoms with Gasteiger partial charge >= 0.3 is 6.18 Å². The molecule has 1 saturated heterocycles. The number of nitrogens with zero attached hydrogens (tertiary/aromatic N) is 1. The second-order valence-electron chi connectivity index (χ2n) is 14.3. The van der Waals surface area contributed by atoms with E-state index < -0.39 is 31.8 Å². The number of halogens is 3. The Morgan fingerprint density at radius 3 is 2.20 bits per heavy atom. The third-order valence-corrected chi connectivity index (χ3v) is 14.0. The number of hydrogen-bond donors (Lipinski definition) is 0. The molecule has 2 unspecified atom stereocenters. The standard InChI is InChI=1S/C32H42F3NO4Si/c1-19(37)27-25-26(24-22(36-27)17-30(5,6)18-23(24)40-41(7,8)29(2,3)4)31(13-15-38-16-14-31)39-28(25)20-9-11-21(12-10-20)32(33,34)35/h9-12,23,28H,13-18H2,1-8H3. The highest BCUT2D eigenvalue weighted by Gasteiger charge is 2.54. The first-order valence-electron chi connectivity index (χ1n) is 14.5. The van der Waals surface area contributed by atoms with E-state index >= 15 is 0 Å². The molecule has 2 aliphatic heterocycles. The zero-order valence-corrected chi connectivity index (χ0v) is 26.4. The zero-order valence-electron chi connectivity index (χ0n) is 25.4. The molecule has 0 N–H and O–H groups in total. The van der Waals surface area contributed by atoms with E-state index in [1.54, 1.807) is 0 Å². The van der Waals surface area contributed by atoms with Crippen molar-refractivity contribution in [2.45, 2.75) is 109 Å². The van der Waals surface area contributed by atoms with Crippen LogP contribution in [0.4, 0.5) is 13.2 Å². The monoisotopic (exact) mass is 589 g/mol. The van der Waals surface area contributed by atoms with Gasteiger partial charge < -0.3 is 13.9 Å². The van der Waals surface area contributed by atoms with E-state index in [-0.39, 0.29) is 22.3 Å². The maximum atomic E-state index is 13.4. The van der Waals surface area contributed by atoms with E-state index in [2.05, 4.69) is 47.7 Å². The van der Waals surface area contributed by atoms with Gasteiger partial charge in [0.2, 0.25) is 0 Å². The van der Waals surface area contributed by atoms with Gasteiger partial charge in [-0.3, -0.25) is 4.79 Å². The van der Waals surface area contributed by atoms with Crippen molar-refractivity contribution < 1.29 is 31.9 Å². The van der Waals surface area contributed by atoms with E-state index in [4.69, 9.17) is 18.9 Å². The first-order chi connectivity index (χ1) is 18.9. The maximum Gasteiger partial charge on any atom is 0.416 e. The van der Waals surface area contributed by atoms with Gasteiger partial charge in [-0.1, -0.05) is 46.8 Å². The Hall–Kier alpha value is -2.07. The maximum absolute atomic E-state index is 13.4. The van der Waals surface area contributed by atoms with Crippen LogP contribution in [0, 0.1) is 5.41 Å². The molecule has 0 saturated carbocycles. The second kappa shape index (κ2) is 10.00. The lowest BCUT2D eigenvalue weighted by molar-refractivity contribution is -0.137. The van der Waals surface area contributed by atoms with Crippen molar-refractivity contribution in [1.29, 1.82) is 0 Å². The number of hydrogen-bond acceptors (Lipinski definition) is 5. The fourth-order valence-electron chi connectivity index (χ4n) is 6.42. The Balaban J connectivity index is 1.77. The van der Waals surface area contributed by atoms with Crippen LogP contribution in [0.1, 0.15) is 117 Å². The van der Waals surface area contributed by atoms with Crippen LogP contribution in [0.25, 0.3) is 0 Å². The summed E-state index contributed by atoms with van der Waals surface area (Å²) in [5, 5.41) is -0.0136. The van der Waals surface area contributed by atoms with Crippen LogP contribution >= 0.6 is 0 Å². The molecule has 1 fully saturated rings. The molecule has 0 radical (unpaired) electrons. The third-order valence-electron chi connectivity index (χ3n) is 9.54. The van der Waals surface area contributed by atoms with Gasteiger partial charge in [0.05, 0.1) is 17.3 Å². The largest absolute Gasteiger partial charge is 0.416 e. The minimum atomic E-state index is -4.44. The fourth-order valence-corrected chi connectivity index (χ4v) is 7.68. The molecule has 224 valence electrons. The van der Waals surface area contributed by atoms with E-state index in [0.29, 0.717) is 49.3 Å². The number of aromatic nitrogens is 1. The SMILES string of the molecule is CC(=O)c1nc2c(c3c1C(c1ccc(C(F)(F)F)cc1)OC31CCOCC1)C(O[Si](C)(C)C(C)(C)C)CC(C)(C)C2. The Labute approximate surface area is 242 Å². The molecular formula is C32H42F3NO4Si. The zero-order chi connectivity index (χ0) is 30.2. The van der Waals surface area contributed by atoms with Crippen molar-refractivity contribution in [2.24, 2.45) is 5.41 Å². The molecule has 2 atom stereocenters. The van der Waals surface area contributed by atoms with Gasteiger partial charge in [0.15, 0.2) is 14.1 Å². The summed E-state index contributed by atoms with van der Waals surface area (Å²) in [6.45, 7) is 18.1. The molecule has 5 rings (SSSR count). The van der Waals surface area contributed by atoms with Gasteiger partial charge in [-0.2, -0.15) is 13.2 Å². The number of benzene rings is 1. The Kier molecular flexibility index (Phi) is 7.41. The minimum absolute atomic E-state index is 0.0136. The first kappa shape index (κ1) is 30.4. The summed E-state index contributed by atoms with van der Waals surface area (Å²) in [5.41, 5.74) is 2.89. The summed E-state index contributed by atoms with van der Waals surface area (Å²) >= 11 is 0. The summed E-state index contributed by atoms with van der Waals surface area (Å²) in [7, 11) is -2.22. The van der Waals surface area contributed by atoms with Crippen LogP contribution in [0.5, 0.6) is 0 Å². The highest BCUT2D eigenvalue weighted by atomic mass is 28.4. The Morgan fingerprint density at radius 2 is 1.66 bits per heavy atom. The number of fused-ring (bicyclic) bond motifs is 4. The van der Waals surface area contributed by atoms with E-state index in [0.717, 1.165) is 35.4 Å². The molecule has 41 heavy (non-hydrogen) atoms. The highest BCUT2D eigenvalue weighted by Crippen LogP contribution is 2.58. The number of carbonyl (C=O) groups is 1. The van der Waals surface area contributed by atoms with Crippen LogP contribution in [-0.2, 0) is 32.1 Å². The molecule has 1 aromatic carbocycles. The summed E-state index contributed by atoms with van der Waals surface area (Å²) in [6, 6.07) is 5.09. The van der Waals surface area contributed by atoms with Crippen LogP contribution < -0.4 is 0 Å². The third kappa shape index (κ3) is 5.43. The molecule has 2 aromatic rings. The Morgan fingerprint density at radius 1 is 1.05 bits per heavy atom. The molecule has 5 nitrogen and oxygen atoms in total. The van der Waals surface area contributed by atoms with Crippen LogP contribution in [0.15, 0.2) is 24.3 Å². The van der Waals surface area contributed by atoms with Crippen molar-refractivity contribution in [3.8, 4) is 0 Å². The average Bonchev–Trinajstić information content (AvgIpc) is 3.15. The first-order valence-corrected chi connectivity index (χ1v) is 17.4. The smallest absolute Gasteiger partial charge is 0.410 e. The number of ketones is 1. The van der Waals surface area contributed by atoms with Gasteiger partial charge in [0.25, 0.3) is 0 Å². The van der Waals surface area contributed by atoms with Crippen LogP contribution in [0.2, 0.25) is 18.1 Å². The van der Waals surface area contributed by atoms with E-state index in [9.17, 15) is 18.0 Å². The van der Waals surface area contributed by atoms with Gasteiger partial charge in [-0.05, 0) is 54.1 Å². The summed E-state index contributed by atoms with van der Waals surface area (Å²) in [6.07, 6.45) is -2.72. The lowest BCUT2D eigenvalue weighted by Crippen LogP contribution is -2.45. The normalized spacial score (nSPS) is 23.8. The van der Waals surface area contributed by atoms with Gasteiger partial charge in [0, 0.05) is 55.4 Å². The van der Waals surface area contributed by atoms with Gasteiger partial charge in [0.1, 0.15) is 11.8 Å². The quantitative estimate of drug-likeness (QED) is 0.265. The van der Waals surface area contributed by atoms with Crippen molar-refractivity contribution in [1.82, 2.24) is 4.98 Å². The summed E-state index contributed by atoms with van der Waals surface area (Å²) in [5.74, 6) is -0.182. The topological polar surface area (TPSA) is 57.7 Å². The van der Waals surface area contributed by atoms with Crippen molar-refractivity contribution >= 4 is 14.1 Å². The molecule has 1 aromatic heterocycles. The highest BCUT2D eigenvalue weighted by molar-refractivity contribution is 6.74. The molecule has 1 spiro atoms. The second-order valence-corrected chi connectivity index (χ2v) is 19.1. The molecule has 9 heteroatoms. The summed E-state index contributed by atoms with van der Waals surface area (Å²) < 4.78 is 60.0. The van der Waals surface area contributed by atoms with Crippen LogP contribution in [-0.4, -0.2) is 32.3 Å². The minimum Gasteiger partial charge on any atom is -0.410 e. The number of Topliss-reactive ketones (excluding diaryl/α,β-unsaturated/α-hetero) is 1. The predicted octanol–water partition coefficient (Wildman–Crippen LogP) is 8.46. The number of ether oxygens (including phenoxy) is 2. The number of carbonyl (C=O) groups excluding carboxylic acids is 1. The van der Waals surface area contributed by atoms with Crippen molar-refractivity contribution in [3.63, 3.8) is 0 Å². The van der Waals surface area contributed by atoms with Crippen molar-refractivity contribution in [3.05, 3.63) is 63.5 Å². The summed E-state index contributed by atoms with van der Waals surface area (Å²) in [4.78, 5) is 18.2. The van der Waals surface area contributed by atoms with E-state index in [1.165, 1.54) is 19.1 Å². The predicted molar refractivity (Wildman–Crippen MR) is 153 cm³/mol. The van der Waals surface area contributed by atoms with Crippen LogP contribution in [0.3, 0.4) is 0 Å². The van der Waals surface area contributed by atoms with E-state index in [1.807, 2.05) is 0 Å².